The van der Waals surface area contributed by atoms with Crippen LogP contribution in [0.2, 0.25) is 0 Å². The van der Waals surface area contributed by atoms with E-state index in [1.165, 1.54) is 12.5 Å². The first kappa shape index (κ1) is 16.8. The average molecular weight is 353 g/mol. The molecule has 1 aliphatic heterocycles. The normalized spacial score (nSPS) is 22.6. The van der Waals surface area contributed by atoms with Crippen molar-refractivity contribution in [3.8, 4) is 0 Å². The van der Waals surface area contributed by atoms with Crippen LogP contribution in [0.25, 0.3) is 6.08 Å². The predicted octanol–water partition coefficient (Wildman–Crippen LogP) is 3.29. The fraction of sp³-hybridized carbons (Fsp3) is 0.400. The molecule has 4 rings (SSSR count). The van der Waals surface area contributed by atoms with Gasteiger partial charge in [0.25, 0.3) is 0 Å². The maximum Gasteiger partial charge on any atom is 0.248 e. The summed E-state index contributed by atoms with van der Waals surface area (Å²) in [7, 11) is 0. The summed E-state index contributed by atoms with van der Waals surface area (Å²) in [5, 5.41) is 2.82. The van der Waals surface area contributed by atoms with Gasteiger partial charge in [0.1, 0.15) is 17.3 Å². The first-order valence-corrected chi connectivity index (χ1v) is 9.06. The molecule has 2 atom stereocenters. The molecule has 0 radical (unpaired) electrons. The molecule has 2 aromatic rings. The van der Waals surface area contributed by atoms with Crippen LogP contribution in [-0.4, -0.2) is 37.2 Å². The Hall–Kier alpha value is -2.60. The summed E-state index contributed by atoms with van der Waals surface area (Å²) < 4.78 is 11.1. The molecule has 6 nitrogen and oxygen atoms in total. The molecule has 0 aromatic carbocycles. The van der Waals surface area contributed by atoms with Crippen molar-refractivity contribution in [2.24, 2.45) is 5.92 Å². The highest BCUT2D eigenvalue weighted by Gasteiger charge is 2.36. The van der Waals surface area contributed by atoms with E-state index in [4.69, 9.17) is 9.15 Å². The number of morpholine rings is 1. The number of rotatable bonds is 5. The molecule has 1 N–H and O–H groups in total. The lowest BCUT2D eigenvalue weighted by Gasteiger charge is -2.27. The van der Waals surface area contributed by atoms with Crippen LogP contribution in [0.3, 0.4) is 0 Å². The Morgan fingerprint density at radius 2 is 2.08 bits per heavy atom. The minimum Gasteiger partial charge on any atom is -0.461 e. The van der Waals surface area contributed by atoms with Crippen LogP contribution in [-0.2, 0) is 9.53 Å². The Labute approximate surface area is 152 Å². The van der Waals surface area contributed by atoms with E-state index in [0.717, 1.165) is 37.9 Å². The van der Waals surface area contributed by atoms with Crippen LogP contribution in [0, 0.1) is 5.92 Å². The van der Waals surface area contributed by atoms with Gasteiger partial charge >= 0.3 is 0 Å². The Bertz CT molecular complexity index is 791. The summed E-state index contributed by atoms with van der Waals surface area (Å²) in [5.41, 5.74) is 0.670. The maximum absolute atomic E-state index is 12.1. The fourth-order valence-electron chi connectivity index (χ4n) is 3.16. The number of hydrogen-bond donors (Lipinski definition) is 1. The zero-order valence-electron chi connectivity index (χ0n) is 14.9. The summed E-state index contributed by atoms with van der Waals surface area (Å²) in [6.45, 7) is 5.34. The molecular formula is C20H23N3O3. The first-order chi connectivity index (χ1) is 12.7. The minimum atomic E-state index is -0.205. The van der Waals surface area contributed by atoms with Crippen LogP contribution in [0.1, 0.15) is 30.8 Å². The number of pyridine rings is 1. The molecular weight excluding hydrogens is 330 g/mol. The Kier molecular flexibility index (Phi) is 4.75. The molecule has 1 saturated heterocycles. The van der Waals surface area contributed by atoms with Crippen LogP contribution < -0.4 is 10.2 Å². The van der Waals surface area contributed by atoms with E-state index in [1.54, 1.807) is 12.3 Å². The third kappa shape index (κ3) is 3.96. The van der Waals surface area contributed by atoms with Crippen LogP contribution in [0.15, 0.2) is 41.0 Å². The van der Waals surface area contributed by atoms with Crippen molar-refractivity contribution < 1.29 is 13.9 Å². The smallest absolute Gasteiger partial charge is 0.248 e. The van der Waals surface area contributed by atoms with Gasteiger partial charge in [0.15, 0.2) is 0 Å². The second-order valence-corrected chi connectivity index (χ2v) is 6.89. The molecule has 2 fully saturated rings. The summed E-state index contributed by atoms with van der Waals surface area (Å²) >= 11 is 0. The number of nitrogens with one attached hydrogen (secondary N) is 1. The lowest BCUT2D eigenvalue weighted by atomic mass is 10.3. The van der Waals surface area contributed by atoms with Crippen molar-refractivity contribution in [1.29, 1.82) is 0 Å². The molecule has 1 amide bonds. The van der Waals surface area contributed by atoms with Gasteiger partial charge in [0.05, 0.1) is 25.1 Å². The number of nitrogens with zero attached hydrogens (tertiary/aromatic N) is 2. The third-order valence-electron chi connectivity index (χ3n) is 4.87. The van der Waals surface area contributed by atoms with E-state index >= 15 is 0 Å². The van der Waals surface area contributed by atoms with Gasteiger partial charge in [-0.2, -0.15) is 0 Å². The van der Waals surface area contributed by atoms with Crippen molar-refractivity contribution in [1.82, 2.24) is 4.98 Å². The summed E-state index contributed by atoms with van der Waals surface area (Å²) in [4.78, 5) is 18.7. The Balaban J connectivity index is 1.31. The number of hydrogen-bond acceptors (Lipinski definition) is 5. The third-order valence-corrected chi connectivity index (χ3v) is 4.87. The lowest BCUT2D eigenvalue weighted by molar-refractivity contribution is -0.111. The van der Waals surface area contributed by atoms with E-state index in [2.05, 4.69) is 22.1 Å². The van der Waals surface area contributed by atoms with E-state index in [-0.39, 0.29) is 5.91 Å². The molecule has 3 heterocycles. The zero-order valence-corrected chi connectivity index (χ0v) is 14.9. The summed E-state index contributed by atoms with van der Waals surface area (Å²) in [6.07, 6.45) is 6.04. The standard InChI is InChI=1S/C20H23N3O3/c1-14-12-17(14)18-5-3-16(26-18)4-7-20(24)22-15-2-6-19(21-13-15)23-8-10-25-11-9-23/h2-7,13-14,17H,8-12H2,1H3,(H,22,24)/b7-4+/t14-,17-/m1/s1. The number of aromatic nitrogens is 1. The molecule has 0 bridgehead atoms. The highest BCUT2D eigenvalue weighted by Crippen LogP contribution is 2.47. The molecule has 26 heavy (non-hydrogen) atoms. The van der Waals surface area contributed by atoms with Gasteiger partial charge in [-0.25, -0.2) is 4.98 Å². The van der Waals surface area contributed by atoms with Crippen LogP contribution in [0.5, 0.6) is 0 Å². The van der Waals surface area contributed by atoms with Gasteiger partial charge in [-0.1, -0.05) is 6.92 Å². The van der Waals surface area contributed by atoms with Crippen molar-refractivity contribution in [3.05, 3.63) is 48.1 Å². The summed E-state index contributed by atoms with van der Waals surface area (Å²) in [5.74, 6) is 3.66. The second-order valence-electron chi connectivity index (χ2n) is 6.89. The molecule has 136 valence electrons. The number of amides is 1. The number of carbonyl (C=O) groups is 1. The van der Waals surface area contributed by atoms with Crippen molar-refractivity contribution in [3.63, 3.8) is 0 Å². The predicted molar refractivity (Wildman–Crippen MR) is 100 cm³/mol. The molecule has 1 saturated carbocycles. The largest absolute Gasteiger partial charge is 0.461 e. The first-order valence-electron chi connectivity index (χ1n) is 9.06. The molecule has 6 heteroatoms. The molecule has 2 aromatic heterocycles. The number of furan rings is 1. The zero-order chi connectivity index (χ0) is 17.9. The summed E-state index contributed by atoms with van der Waals surface area (Å²) in [6, 6.07) is 7.69. The molecule has 2 aliphatic rings. The van der Waals surface area contributed by atoms with Gasteiger partial charge < -0.3 is 19.4 Å². The molecule has 0 unspecified atom stereocenters. The van der Waals surface area contributed by atoms with Crippen LogP contribution >= 0.6 is 0 Å². The number of anilines is 2. The SMILES string of the molecule is C[C@@H]1C[C@H]1c1ccc(/C=C/C(=O)Nc2ccc(N3CCOCC3)nc2)o1. The molecule has 1 aliphatic carbocycles. The van der Waals surface area contributed by atoms with E-state index in [0.29, 0.717) is 23.3 Å². The number of ether oxygens (including phenoxy) is 1. The van der Waals surface area contributed by atoms with Gasteiger partial charge in [0, 0.05) is 25.1 Å². The van der Waals surface area contributed by atoms with E-state index < -0.39 is 0 Å². The average Bonchev–Trinajstić information content (AvgIpc) is 3.21. The lowest BCUT2D eigenvalue weighted by Crippen LogP contribution is -2.36. The van der Waals surface area contributed by atoms with Gasteiger partial charge in [0.2, 0.25) is 5.91 Å². The van der Waals surface area contributed by atoms with Gasteiger partial charge in [-0.15, -0.1) is 0 Å². The number of carbonyl (C=O) groups excluding carboxylic acids is 1. The highest BCUT2D eigenvalue weighted by atomic mass is 16.5. The molecule has 0 spiro atoms. The minimum absolute atomic E-state index is 0.205. The highest BCUT2D eigenvalue weighted by molar-refractivity contribution is 6.01. The topological polar surface area (TPSA) is 67.6 Å². The van der Waals surface area contributed by atoms with Crippen molar-refractivity contribution in [2.75, 3.05) is 36.5 Å². The Morgan fingerprint density at radius 3 is 2.77 bits per heavy atom. The fourth-order valence-corrected chi connectivity index (χ4v) is 3.16. The van der Waals surface area contributed by atoms with Gasteiger partial charge in [-0.3, -0.25) is 4.79 Å². The quantitative estimate of drug-likeness (QED) is 0.836. The van der Waals surface area contributed by atoms with Crippen LogP contribution in [0.4, 0.5) is 11.5 Å². The monoisotopic (exact) mass is 353 g/mol. The maximum atomic E-state index is 12.1. The van der Waals surface area contributed by atoms with E-state index in [1.807, 2.05) is 24.3 Å². The Morgan fingerprint density at radius 1 is 1.27 bits per heavy atom. The van der Waals surface area contributed by atoms with Crippen molar-refractivity contribution >= 4 is 23.5 Å². The second kappa shape index (κ2) is 7.33. The van der Waals surface area contributed by atoms with E-state index in [9.17, 15) is 4.79 Å². The van der Waals surface area contributed by atoms with Gasteiger partial charge in [-0.05, 0) is 42.7 Å². The van der Waals surface area contributed by atoms with Crippen molar-refractivity contribution in [2.45, 2.75) is 19.3 Å².